The lowest BCUT2D eigenvalue weighted by Gasteiger charge is -2.09. The smallest absolute Gasteiger partial charge is 0.257 e. The van der Waals surface area contributed by atoms with Crippen LogP contribution in [0.4, 0.5) is 13.2 Å². The van der Waals surface area contributed by atoms with Crippen molar-refractivity contribution in [3.8, 4) is 0 Å². The maximum absolute atomic E-state index is 12.7. The molecule has 0 saturated carbocycles. The van der Waals surface area contributed by atoms with Crippen LogP contribution < -0.4 is 5.73 Å². The highest BCUT2D eigenvalue weighted by Crippen LogP contribution is 2.18. The molecule has 2 N–H and O–H groups in total. The van der Waals surface area contributed by atoms with Crippen LogP contribution in [-0.4, -0.2) is 11.4 Å². The van der Waals surface area contributed by atoms with E-state index in [1.807, 2.05) is 0 Å². The van der Waals surface area contributed by atoms with Crippen LogP contribution in [0, 0.1) is 5.95 Å². The minimum atomic E-state index is -2.77. The number of halogens is 4. The Kier molecular flexibility index (Phi) is 4.72. The molecule has 0 bridgehead atoms. The molecule has 0 aliphatic carbocycles. The summed E-state index contributed by atoms with van der Waals surface area (Å²) in [5, 5.41) is 0. The molecule has 6 heteroatoms. The zero-order valence-corrected chi connectivity index (χ0v) is 7.27. The summed E-state index contributed by atoms with van der Waals surface area (Å²) in [6, 6.07) is 0.957. The summed E-state index contributed by atoms with van der Waals surface area (Å²) in [5.74, 6) is -0.940. The fraction of sp³-hybridized carbons (Fsp3) is 0.286. The Morgan fingerprint density at radius 2 is 2.00 bits per heavy atom. The Morgan fingerprint density at radius 3 is 2.46 bits per heavy atom. The second-order valence-corrected chi connectivity index (χ2v) is 2.24. The number of hydrogen-bond donors (Lipinski definition) is 1. The van der Waals surface area contributed by atoms with Gasteiger partial charge in [0.2, 0.25) is 5.95 Å². The van der Waals surface area contributed by atoms with E-state index in [9.17, 15) is 13.2 Å². The SMILES string of the molecule is Cl.N[C@@H](c1cccnc1F)C(F)F. The van der Waals surface area contributed by atoms with E-state index >= 15 is 0 Å². The second-order valence-electron chi connectivity index (χ2n) is 2.24. The number of rotatable bonds is 2. The summed E-state index contributed by atoms with van der Waals surface area (Å²) >= 11 is 0. The molecule has 13 heavy (non-hydrogen) atoms. The van der Waals surface area contributed by atoms with E-state index in [1.165, 1.54) is 18.3 Å². The van der Waals surface area contributed by atoms with Gasteiger partial charge >= 0.3 is 0 Å². The molecule has 0 spiro atoms. The number of hydrogen-bond acceptors (Lipinski definition) is 2. The minimum Gasteiger partial charge on any atom is -0.319 e. The summed E-state index contributed by atoms with van der Waals surface area (Å²) < 4.78 is 36.6. The lowest BCUT2D eigenvalue weighted by atomic mass is 10.1. The molecule has 1 aromatic heterocycles. The van der Waals surface area contributed by atoms with E-state index in [-0.39, 0.29) is 18.0 Å². The van der Waals surface area contributed by atoms with E-state index in [0.29, 0.717) is 0 Å². The standard InChI is InChI=1S/C7H7F3N2.ClH/c8-6(9)5(11)4-2-1-3-12-7(4)10;/h1-3,5-6H,11H2;1H/t5-;/m0./s1. The van der Waals surface area contributed by atoms with Gasteiger partial charge < -0.3 is 5.73 Å². The monoisotopic (exact) mass is 212 g/mol. The molecule has 0 unspecified atom stereocenters. The summed E-state index contributed by atoms with van der Waals surface area (Å²) in [6.45, 7) is 0. The molecular formula is C7H8ClF3N2. The van der Waals surface area contributed by atoms with E-state index in [2.05, 4.69) is 4.98 Å². The largest absolute Gasteiger partial charge is 0.319 e. The van der Waals surface area contributed by atoms with Gasteiger partial charge in [-0.3, -0.25) is 0 Å². The topological polar surface area (TPSA) is 38.9 Å². The van der Waals surface area contributed by atoms with Crippen LogP contribution in [0.1, 0.15) is 11.6 Å². The Balaban J connectivity index is 0.00000144. The van der Waals surface area contributed by atoms with Gasteiger partial charge in [-0.15, -0.1) is 12.4 Å². The third-order valence-electron chi connectivity index (χ3n) is 1.42. The van der Waals surface area contributed by atoms with Crippen molar-refractivity contribution in [2.45, 2.75) is 12.5 Å². The molecule has 1 rings (SSSR count). The molecule has 0 radical (unpaired) electrons. The van der Waals surface area contributed by atoms with Crippen LogP contribution in [0.2, 0.25) is 0 Å². The first-order valence-corrected chi connectivity index (χ1v) is 3.27. The number of aromatic nitrogens is 1. The molecule has 0 fully saturated rings. The van der Waals surface area contributed by atoms with Gasteiger partial charge in [-0.05, 0) is 6.07 Å². The molecule has 2 nitrogen and oxygen atoms in total. The zero-order valence-electron chi connectivity index (χ0n) is 6.45. The zero-order chi connectivity index (χ0) is 9.14. The van der Waals surface area contributed by atoms with Crippen LogP contribution in [0.25, 0.3) is 0 Å². The molecule has 0 aliphatic rings. The number of nitrogens with zero attached hydrogens (tertiary/aromatic N) is 1. The van der Waals surface area contributed by atoms with Gasteiger partial charge in [0.1, 0.15) is 0 Å². The highest BCUT2D eigenvalue weighted by Gasteiger charge is 2.20. The van der Waals surface area contributed by atoms with Crippen LogP contribution in [-0.2, 0) is 0 Å². The van der Waals surface area contributed by atoms with Gasteiger partial charge in [-0.25, -0.2) is 13.8 Å². The van der Waals surface area contributed by atoms with Crippen molar-refractivity contribution in [1.29, 1.82) is 0 Å². The summed E-state index contributed by atoms with van der Waals surface area (Å²) in [5.41, 5.74) is 4.75. The van der Waals surface area contributed by atoms with Crippen molar-refractivity contribution in [3.63, 3.8) is 0 Å². The van der Waals surface area contributed by atoms with Crippen LogP contribution in [0.5, 0.6) is 0 Å². The van der Waals surface area contributed by atoms with Crippen molar-refractivity contribution >= 4 is 12.4 Å². The lowest BCUT2D eigenvalue weighted by molar-refractivity contribution is 0.114. The van der Waals surface area contributed by atoms with Crippen molar-refractivity contribution in [1.82, 2.24) is 4.98 Å². The van der Waals surface area contributed by atoms with Gasteiger partial charge in [0.15, 0.2) is 0 Å². The normalized spacial score (nSPS) is 12.4. The molecule has 74 valence electrons. The number of pyridine rings is 1. The van der Waals surface area contributed by atoms with E-state index in [0.717, 1.165) is 0 Å². The van der Waals surface area contributed by atoms with Crippen molar-refractivity contribution in [2.24, 2.45) is 5.73 Å². The lowest BCUT2D eigenvalue weighted by Crippen LogP contribution is -2.20. The Labute approximate surface area is 79.4 Å². The van der Waals surface area contributed by atoms with Crippen LogP contribution in [0.3, 0.4) is 0 Å². The fourth-order valence-corrected chi connectivity index (χ4v) is 0.783. The van der Waals surface area contributed by atoms with Crippen molar-refractivity contribution < 1.29 is 13.2 Å². The van der Waals surface area contributed by atoms with E-state index in [4.69, 9.17) is 5.73 Å². The average Bonchev–Trinajstić information content (AvgIpc) is 2.04. The maximum atomic E-state index is 12.7. The highest BCUT2D eigenvalue weighted by atomic mass is 35.5. The summed E-state index contributed by atoms with van der Waals surface area (Å²) in [6.07, 6.45) is -1.60. The van der Waals surface area contributed by atoms with Crippen LogP contribution >= 0.6 is 12.4 Å². The third kappa shape index (κ3) is 2.86. The van der Waals surface area contributed by atoms with E-state index < -0.39 is 18.4 Å². The van der Waals surface area contributed by atoms with Crippen molar-refractivity contribution in [3.05, 3.63) is 29.8 Å². The van der Waals surface area contributed by atoms with Gasteiger partial charge in [-0.1, -0.05) is 6.07 Å². The molecule has 0 amide bonds. The van der Waals surface area contributed by atoms with Crippen LogP contribution in [0.15, 0.2) is 18.3 Å². The van der Waals surface area contributed by atoms with Gasteiger partial charge in [-0.2, -0.15) is 4.39 Å². The number of nitrogens with two attached hydrogens (primary N) is 1. The first kappa shape index (κ1) is 12.2. The van der Waals surface area contributed by atoms with E-state index in [1.54, 1.807) is 0 Å². The second kappa shape index (κ2) is 5.04. The molecular weight excluding hydrogens is 205 g/mol. The van der Waals surface area contributed by atoms with Gasteiger partial charge in [0.05, 0.1) is 6.04 Å². The molecule has 1 atom stereocenters. The first-order chi connectivity index (χ1) is 5.63. The molecule has 1 aromatic rings. The molecule has 0 saturated heterocycles. The summed E-state index contributed by atoms with van der Waals surface area (Å²) in [4.78, 5) is 3.20. The molecule has 0 aromatic carbocycles. The maximum Gasteiger partial charge on any atom is 0.257 e. The Bertz CT molecular complexity index is 270. The average molecular weight is 213 g/mol. The quantitative estimate of drug-likeness (QED) is 0.761. The van der Waals surface area contributed by atoms with Crippen molar-refractivity contribution in [2.75, 3.05) is 0 Å². The highest BCUT2D eigenvalue weighted by molar-refractivity contribution is 5.85. The number of alkyl halides is 2. The van der Waals surface area contributed by atoms with Gasteiger partial charge in [0.25, 0.3) is 6.43 Å². The van der Waals surface area contributed by atoms with Gasteiger partial charge in [0, 0.05) is 11.8 Å². The molecule has 1 heterocycles. The fourth-order valence-electron chi connectivity index (χ4n) is 0.783. The minimum absolute atomic E-state index is 0. The molecule has 0 aliphatic heterocycles. The third-order valence-corrected chi connectivity index (χ3v) is 1.42. The Morgan fingerprint density at radius 1 is 1.38 bits per heavy atom. The Hall–Kier alpha value is -0.810. The predicted molar refractivity (Wildman–Crippen MR) is 44.4 cm³/mol. The summed E-state index contributed by atoms with van der Waals surface area (Å²) in [7, 11) is 0. The first-order valence-electron chi connectivity index (χ1n) is 3.27. The predicted octanol–water partition coefficient (Wildman–Crippen LogP) is 1.91.